The summed E-state index contributed by atoms with van der Waals surface area (Å²) in [6, 6.07) is 6.58. The van der Waals surface area contributed by atoms with Gasteiger partial charge >= 0.3 is 5.97 Å². The molecular formula is C17H19ClN2O4. The summed E-state index contributed by atoms with van der Waals surface area (Å²) in [6.07, 6.45) is 0. The van der Waals surface area contributed by atoms with Crippen molar-refractivity contribution in [3.63, 3.8) is 0 Å². The molecule has 0 spiro atoms. The lowest BCUT2D eigenvalue weighted by molar-refractivity contribution is -0.155. The number of halogens is 1. The first kappa shape index (κ1) is 16.9. The largest absolute Gasteiger partial charge is 0.465 e. The molecule has 1 N–H and O–H groups in total. The van der Waals surface area contributed by atoms with Gasteiger partial charge in [-0.05, 0) is 31.5 Å². The summed E-state index contributed by atoms with van der Waals surface area (Å²) in [5, 5.41) is 3.76. The van der Waals surface area contributed by atoms with Crippen LogP contribution in [0, 0.1) is 11.8 Å². The van der Waals surface area contributed by atoms with Crippen LogP contribution < -0.4 is 5.32 Å². The predicted octanol–water partition coefficient (Wildman–Crippen LogP) is 1.54. The Morgan fingerprint density at radius 3 is 2.50 bits per heavy atom. The van der Waals surface area contributed by atoms with Crippen LogP contribution in [-0.2, 0) is 19.1 Å². The third-order valence-electron chi connectivity index (χ3n) is 4.94. The Kier molecular flexibility index (Phi) is 4.13. The number of carbonyl (C=O) groups is 3. The Labute approximate surface area is 145 Å². The third kappa shape index (κ3) is 2.32. The maximum Gasteiger partial charge on any atom is 0.326 e. The van der Waals surface area contributed by atoms with Crippen molar-refractivity contribution < 1.29 is 19.1 Å². The van der Waals surface area contributed by atoms with E-state index in [1.54, 1.807) is 38.1 Å². The molecule has 1 aromatic rings. The van der Waals surface area contributed by atoms with Crippen LogP contribution in [0.5, 0.6) is 0 Å². The second-order valence-corrected chi connectivity index (χ2v) is 6.77. The van der Waals surface area contributed by atoms with Gasteiger partial charge in [0, 0.05) is 18.1 Å². The number of ether oxygens (including phenoxy) is 1. The zero-order valence-corrected chi connectivity index (χ0v) is 14.5. The van der Waals surface area contributed by atoms with Crippen molar-refractivity contribution in [2.45, 2.75) is 25.4 Å². The fourth-order valence-corrected chi connectivity index (χ4v) is 3.83. The van der Waals surface area contributed by atoms with E-state index in [-0.39, 0.29) is 18.4 Å². The smallest absolute Gasteiger partial charge is 0.326 e. The van der Waals surface area contributed by atoms with Gasteiger partial charge in [0.1, 0.15) is 5.54 Å². The molecule has 2 amide bonds. The van der Waals surface area contributed by atoms with Gasteiger partial charge < -0.3 is 4.74 Å². The topological polar surface area (TPSA) is 75.7 Å². The third-order valence-corrected chi connectivity index (χ3v) is 5.19. The van der Waals surface area contributed by atoms with E-state index in [2.05, 4.69) is 5.32 Å². The SMILES string of the molecule is CCOC(=O)[C@]1(C)N[C@H](c2ccc(Cl)cc2)[C@@H]2C(=O)N(C)C(=O)[C@@H]21. The molecule has 2 heterocycles. The average molecular weight is 351 g/mol. The van der Waals surface area contributed by atoms with E-state index < -0.39 is 29.4 Å². The normalized spacial score (nSPS) is 32.2. The first-order chi connectivity index (χ1) is 11.3. The maximum absolute atomic E-state index is 12.6. The van der Waals surface area contributed by atoms with Gasteiger partial charge in [-0.1, -0.05) is 23.7 Å². The summed E-state index contributed by atoms with van der Waals surface area (Å²) in [5.41, 5.74) is -0.443. The first-order valence-electron chi connectivity index (χ1n) is 7.83. The molecule has 3 rings (SSSR count). The van der Waals surface area contributed by atoms with Crippen LogP contribution in [0.15, 0.2) is 24.3 Å². The molecule has 2 saturated heterocycles. The Morgan fingerprint density at radius 2 is 1.92 bits per heavy atom. The summed E-state index contributed by atoms with van der Waals surface area (Å²) in [5.74, 6) is -2.59. The number of amides is 2. The Hall–Kier alpha value is -1.92. The van der Waals surface area contributed by atoms with Gasteiger partial charge in [-0.3, -0.25) is 24.6 Å². The number of carbonyl (C=O) groups excluding carboxylic acids is 3. The molecule has 1 aromatic carbocycles. The minimum Gasteiger partial charge on any atom is -0.465 e. The molecule has 2 aliphatic heterocycles. The van der Waals surface area contributed by atoms with Crippen molar-refractivity contribution in [2.24, 2.45) is 11.8 Å². The molecule has 0 unspecified atom stereocenters. The van der Waals surface area contributed by atoms with E-state index in [0.29, 0.717) is 5.02 Å². The molecule has 0 radical (unpaired) electrons. The van der Waals surface area contributed by atoms with Crippen molar-refractivity contribution in [1.29, 1.82) is 0 Å². The van der Waals surface area contributed by atoms with E-state index in [1.165, 1.54) is 7.05 Å². The van der Waals surface area contributed by atoms with E-state index in [1.807, 2.05) is 0 Å². The van der Waals surface area contributed by atoms with Gasteiger partial charge in [-0.15, -0.1) is 0 Å². The van der Waals surface area contributed by atoms with Gasteiger partial charge in [0.25, 0.3) is 0 Å². The van der Waals surface area contributed by atoms with Crippen molar-refractivity contribution >= 4 is 29.4 Å². The van der Waals surface area contributed by atoms with Crippen LogP contribution in [0.1, 0.15) is 25.5 Å². The molecule has 6 nitrogen and oxygen atoms in total. The minimum absolute atomic E-state index is 0.205. The van der Waals surface area contributed by atoms with Gasteiger partial charge in [-0.2, -0.15) is 0 Å². The highest BCUT2D eigenvalue weighted by molar-refractivity contribution is 6.30. The predicted molar refractivity (Wildman–Crippen MR) is 87.1 cm³/mol. The van der Waals surface area contributed by atoms with Gasteiger partial charge in [0.2, 0.25) is 11.8 Å². The highest BCUT2D eigenvalue weighted by Gasteiger charge is 2.66. The molecule has 4 atom stereocenters. The number of benzene rings is 1. The molecule has 0 bridgehead atoms. The lowest BCUT2D eigenvalue weighted by Crippen LogP contribution is -2.53. The quantitative estimate of drug-likeness (QED) is 0.661. The van der Waals surface area contributed by atoms with E-state index in [4.69, 9.17) is 16.3 Å². The number of rotatable bonds is 3. The van der Waals surface area contributed by atoms with Crippen molar-refractivity contribution in [3.05, 3.63) is 34.9 Å². The number of fused-ring (bicyclic) bond motifs is 1. The second-order valence-electron chi connectivity index (χ2n) is 6.34. The van der Waals surface area contributed by atoms with Gasteiger partial charge in [-0.25, -0.2) is 0 Å². The zero-order valence-electron chi connectivity index (χ0n) is 13.7. The summed E-state index contributed by atoms with van der Waals surface area (Å²) in [6.45, 7) is 3.54. The molecule has 0 aliphatic carbocycles. The Morgan fingerprint density at radius 1 is 1.29 bits per heavy atom. The van der Waals surface area contributed by atoms with Crippen molar-refractivity contribution in [2.75, 3.05) is 13.7 Å². The maximum atomic E-state index is 12.6. The fraction of sp³-hybridized carbons (Fsp3) is 0.471. The standard InChI is InChI=1S/C17H19ClN2O4/c1-4-24-16(23)17(2)12-11(14(21)20(3)15(12)22)13(19-17)9-5-7-10(18)8-6-9/h5-8,11-13,19H,4H2,1-3H3/t11-,12-,13-,17-/m1/s1. The number of hydrogen-bond acceptors (Lipinski definition) is 5. The summed E-state index contributed by atoms with van der Waals surface area (Å²) < 4.78 is 5.15. The molecule has 2 aliphatic rings. The number of esters is 1. The zero-order chi connectivity index (χ0) is 17.6. The second kappa shape index (κ2) is 5.86. The Bertz CT molecular complexity index is 705. The van der Waals surface area contributed by atoms with E-state index in [9.17, 15) is 14.4 Å². The summed E-state index contributed by atoms with van der Waals surface area (Å²) in [7, 11) is 1.45. The average Bonchev–Trinajstić information content (AvgIpc) is 2.99. The van der Waals surface area contributed by atoms with E-state index in [0.717, 1.165) is 10.5 Å². The van der Waals surface area contributed by atoms with Crippen LogP contribution in [0.4, 0.5) is 0 Å². The van der Waals surface area contributed by atoms with Crippen LogP contribution in [0.25, 0.3) is 0 Å². The summed E-state index contributed by atoms with van der Waals surface area (Å²) in [4.78, 5) is 38.8. The van der Waals surface area contributed by atoms with Gasteiger partial charge in [0.15, 0.2) is 0 Å². The highest BCUT2D eigenvalue weighted by Crippen LogP contribution is 2.48. The van der Waals surface area contributed by atoms with Crippen molar-refractivity contribution in [1.82, 2.24) is 10.2 Å². The number of imide groups is 1. The van der Waals surface area contributed by atoms with Gasteiger partial charge in [0.05, 0.1) is 18.4 Å². The lowest BCUT2D eigenvalue weighted by Gasteiger charge is -2.28. The van der Waals surface area contributed by atoms with Crippen LogP contribution >= 0.6 is 11.6 Å². The molecule has 0 saturated carbocycles. The van der Waals surface area contributed by atoms with Crippen LogP contribution in [0.3, 0.4) is 0 Å². The monoisotopic (exact) mass is 350 g/mol. The number of hydrogen-bond donors (Lipinski definition) is 1. The number of likely N-dealkylation sites (tertiary alicyclic amines) is 1. The molecule has 24 heavy (non-hydrogen) atoms. The summed E-state index contributed by atoms with van der Waals surface area (Å²) >= 11 is 5.93. The molecule has 7 heteroatoms. The van der Waals surface area contributed by atoms with Crippen molar-refractivity contribution in [3.8, 4) is 0 Å². The minimum atomic E-state index is -1.25. The molecular weight excluding hydrogens is 332 g/mol. The van der Waals surface area contributed by atoms with Crippen LogP contribution in [0.2, 0.25) is 5.02 Å². The first-order valence-corrected chi connectivity index (χ1v) is 8.21. The molecule has 0 aromatic heterocycles. The molecule has 2 fully saturated rings. The van der Waals surface area contributed by atoms with E-state index >= 15 is 0 Å². The molecule has 128 valence electrons. The Balaban J connectivity index is 2.06. The lowest BCUT2D eigenvalue weighted by atomic mass is 9.80. The fourth-order valence-electron chi connectivity index (χ4n) is 3.71. The number of nitrogens with one attached hydrogen (secondary N) is 1. The highest BCUT2D eigenvalue weighted by atomic mass is 35.5. The number of nitrogens with zero attached hydrogens (tertiary/aromatic N) is 1. The van der Waals surface area contributed by atoms with Crippen LogP contribution in [-0.4, -0.2) is 41.9 Å².